The molecule has 0 bridgehead atoms. The van der Waals surface area contributed by atoms with Crippen LogP contribution in [0.1, 0.15) is 0 Å². The summed E-state index contributed by atoms with van der Waals surface area (Å²) in [5.74, 6) is 0. The van der Waals surface area contributed by atoms with Crippen LogP contribution >= 0.6 is 0 Å². The molecule has 248 valence electrons. The van der Waals surface area contributed by atoms with Crippen LogP contribution in [0.25, 0.3) is 87.7 Å². The van der Waals surface area contributed by atoms with Gasteiger partial charge in [0, 0.05) is 38.0 Å². The highest BCUT2D eigenvalue weighted by molar-refractivity contribution is 6.18. The van der Waals surface area contributed by atoms with Gasteiger partial charge < -0.3 is 13.7 Å². The summed E-state index contributed by atoms with van der Waals surface area (Å²) in [6.07, 6.45) is 0. The van der Waals surface area contributed by atoms with Crippen molar-refractivity contribution >= 4 is 82.5 Å². The van der Waals surface area contributed by atoms with Gasteiger partial charge >= 0.3 is 0 Å². The average molecular weight is 678 g/mol. The normalized spacial score (nSPS) is 11.8. The summed E-state index contributed by atoms with van der Waals surface area (Å²) >= 11 is 0. The lowest BCUT2D eigenvalue weighted by atomic mass is 9.96. The lowest BCUT2D eigenvalue weighted by molar-refractivity contribution is 0.669. The first kappa shape index (κ1) is 29.6. The Kier molecular flexibility index (Phi) is 6.55. The predicted octanol–water partition coefficient (Wildman–Crippen LogP) is 14.6. The number of hydrogen-bond acceptors (Lipinski definition) is 3. The molecule has 2 heterocycles. The summed E-state index contributed by atoms with van der Waals surface area (Å²) in [6.45, 7) is 0. The molecule has 0 saturated carbocycles. The second kappa shape index (κ2) is 11.7. The highest BCUT2D eigenvalue weighted by Crippen LogP contribution is 2.47. The lowest BCUT2D eigenvalue weighted by Crippen LogP contribution is -2.11. The number of nitrogens with zero attached hydrogens (tertiary/aromatic N) is 1. The largest absolute Gasteiger partial charge is 0.456 e. The third-order valence-corrected chi connectivity index (χ3v) is 10.7. The quantitative estimate of drug-likeness (QED) is 0.182. The molecule has 3 nitrogen and oxygen atoms in total. The summed E-state index contributed by atoms with van der Waals surface area (Å²) in [6, 6.07) is 66.7. The summed E-state index contributed by atoms with van der Waals surface area (Å²) in [4.78, 5) is 2.36. The van der Waals surface area contributed by atoms with E-state index in [9.17, 15) is 0 Å². The van der Waals surface area contributed by atoms with Crippen molar-refractivity contribution in [3.63, 3.8) is 0 Å². The molecule has 0 aliphatic carbocycles. The maximum absolute atomic E-state index is 6.95. The van der Waals surface area contributed by atoms with Gasteiger partial charge in [-0.05, 0) is 75.5 Å². The van der Waals surface area contributed by atoms with Gasteiger partial charge in [0.1, 0.15) is 16.7 Å². The van der Waals surface area contributed by atoms with Gasteiger partial charge in [-0.1, -0.05) is 146 Å². The maximum Gasteiger partial charge on any atom is 0.159 e. The second-order valence-corrected chi connectivity index (χ2v) is 13.6. The van der Waals surface area contributed by atoms with Gasteiger partial charge in [-0.25, -0.2) is 0 Å². The summed E-state index contributed by atoms with van der Waals surface area (Å²) in [5.41, 5.74) is 11.3. The standard InChI is InChI=1S/C50H31NO2/c1-2-12-32(13-3-1)36-30-31-44(40-17-7-6-16-39(36)40)51(45-21-10-20-41-42-29-26-33-14-4-5-15-38(33)49(42)53-50(41)45)35-27-24-34(25-28-35)37-19-11-23-47-48(37)43-18-8-9-22-46(43)52-47/h1-31H. The fourth-order valence-electron chi connectivity index (χ4n) is 8.25. The van der Waals surface area contributed by atoms with Crippen molar-refractivity contribution in [3.05, 3.63) is 188 Å². The molecule has 0 saturated heterocycles. The molecule has 0 aliphatic heterocycles. The van der Waals surface area contributed by atoms with Crippen LogP contribution in [-0.2, 0) is 0 Å². The van der Waals surface area contributed by atoms with Crippen LogP contribution in [0.3, 0.4) is 0 Å². The van der Waals surface area contributed by atoms with Gasteiger partial charge in [-0.2, -0.15) is 0 Å². The number of furan rings is 2. The first-order chi connectivity index (χ1) is 26.3. The monoisotopic (exact) mass is 677 g/mol. The van der Waals surface area contributed by atoms with E-state index in [1.165, 1.54) is 16.5 Å². The first-order valence-electron chi connectivity index (χ1n) is 18.0. The molecule has 0 fully saturated rings. The fraction of sp³-hybridized carbons (Fsp3) is 0. The topological polar surface area (TPSA) is 29.5 Å². The van der Waals surface area contributed by atoms with Crippen LogP contribution < -0.4 is 4.90 Å². The number of fused-ring (bicyclic) bond motifs is 9. The second-order valence-electron chi connectivity index (χ2n) is 13.6. The highest BCUT2D eigenvalue weighted by atomic mass is 16.3. The Morgan fingerprint density at radius 3 is 1.85 bits per heavy atom. The Balaban J connectivity index is 1.15. The third-order valence-electron chi connectivity index (χ3n) is 10.7. The predicted molar refractivity (Wildman–Crippen MR) is 222 cm³/mol. The molecule has 0 aliphatic rings. The van der Waals surface area contributed by atoms with Crippen molar-refractivity contribution < 1.29 is 8.83 Å². The van der Waals surface area contributed by atoms with E-state index in [0.717, 1.165) is 88.2 Å². The minimum Gasteiger partial charge on any atom is -0.456 e. The van der Waals surface area contributed by atoms with Crippen molar-refractivity contribution in [2.75, 3.05) is 4.90 Å². The molecular formula is C50H31NO2. The number of hydrogen-bond donors (Lipinski definition) is 0. The number of rotatable bonds is 5. The van der Waals surface area contributed by atoms with E-state index >= 15 is 0 Å². The molecule has 0 radical (unpaired) electrons. The van der Waals surface area contributed by atoms with Crippen molar-refractivity contribution in [3.8, 4) is 22.3 Å². The fourth-order valence-corrected chi connectivity index (χ4v) is 8.25. The summed E-state index contributed by atoms with van der Waals surface area (Å²) in [5, 5.41) is 9.09. The smallest absolute Gasteiger partial charge is 0.159 e. The Morgan fingerprint density at radius 2 is 0.981 bits per heavy atom. The Morgan fingerprint density at radius 1 is 0.321 bits per heavy atom. The van der Waals surface area contributed by atoms with Crippen LogP contribution in [0.5, 0.6) is 0 Å². The third kappa shape index (κ3) is 4.61. The van der Waals surface area contributed by atoms with E-state index < -0.39 is 0 Å². The van der Waals surface area contributed by atoms with Crippen LogP contribution in [0.15, 0.2) is 197 Å². The van der Waals surface area contributed by atoms with E-state index in [0.29, 0.717) is 0 Å². The molecule has 3 heteroatoms. The molecule has 0 atom stereocenters. The molecule has 0 amide bonds. The van der Waals surface area contributed by atoms with Crippen LogP contribution in [0.2, 0.25) is 0 Å². The molecular weight excluding hydrogens is 647 g/mol. The molecule has 0 spiro atoms. The summed E-state index contributed by atoms with van der Waals surface area (Å²) < 4.78 is 13.2. The molecule has 53 heavy (non-hydrogen) atoms. The minimum absolute atomic E-state index is 0.855. The van der Waals surface area contributed by atoms with Crippen LogP contribution in [0, 0.1) is 0 Å². The van der Waals surface area contributed by atoms with Crippen molar-refractivity contribution in [1.29, 1.82) is 0 Å². The number of anilines is 3. The Hall–Kier alpha value is -7.10. The summed E-state index contributed by atoms with van der Waals surface area (Å²) in [7, 11) is 0. The van der Waals surface area contributed by atoms with Crippen LogP contribution in [-0.4, -0.2) is 0 Å². The van der Waals surface area contributed by atoms with Crippen molar-refractivity contribution in [2.45, 2.75) is 0 Å². The highest BCUT2D eigenvalue weighted by Gasteiger charge is 2.23. The van der Waals surface area contributed by atoms with Gasteiger partial charge in [-0.15, -0.1) is 0 Å². The zero-order valence-electron chi connectivity index (χ0n) is 28.7. The Labute approximate surface area is 305 Å². The molecule has 11 rings (SSSR count). The molecule has 9 aromatic carbocycles. The SMILES string of the molecule is c1ccc(-c2ccc(N(c3ccc(-c4cccc5oc6ccccc6c45)cc3)c3cccc4c3oc3c5ccccc5ccc43)c3ccccc23)cc1. The molecule has 0 N–H and O–H groups in total. The van der Waals surface area contributed by atoms with Crippen molar-refractivity contribution in [2.24, 2.45) is 0 Å². The van der Waals surface area contributed by atoms with E-state index in [1.807, 2.05) is 12.1 Å². The minimum atomic E-state index is 0.855. The molecule has 11 aromatic rings. The number of benzene rings is 9. The van der Waals surface area contributed by atoms with E-state index in [-0.39, 0.29) is 0 Å². The van der Waals surface area contributed by atoms with Gasteiger partial charge in [0.2, 0.25) is 0 Å². The average Bonchev–Trinajstić information content (AvgIpc) is 3.81. The van der Waals surface area contributed by atoms with E-state index in [4.69, 9.17) is 8.83 Å². The van der Waals surface area contributed by atoms with Gasteiger partial charge in [0.05, 0.1) is 11.4 Å². The zero-order valence-corrected chi connectivity index (χ0v) is 28.7. The number of para-hydroxylation sites is 2. The molecule has 0 unspecified atom stereocenters. The van der Waals surface area contributed by atoms with Crippen LogP contribution in [0.4, 0.5) is 17.1 Å². The maximum atomic E-state index is 6.95. The Bertz CT molecular complexity index is 3170. The first-order valence-corrected chi connectivity index (χ1v) is 18.0. The van der Waals surface area contributed by atoms with Gasteiger partial charge in [-0.3, -0.25) is 0 Å². The van der Waals surface area contributed by atoms with Crippen molar-refractivity contribution in [1.82, 2.24) is 0 Å². The van der Waals surface area contributed by atoms with Gasteiger partial charge in [0.15, 0.2) is 5.58 Å². The zero-order chi connectivity index (χ0) is 34.9. The molecule has 2 aromatic heterocycles. The van der Waals surface area contributed by atoms with E-state index in [2.05, 4.69) is 181 Å². The van der Waals surface area contributed by atoms with E-state index in [1.54, 1.807) is 0 Å². The lowest BCUT2D eigenvalue weighted by Gasteiger charge is -2.27. The van der Waals surface area contributed by atoms with Gasteiger partial charge in [0.25, 0.3) is 0 Å².